The van der Waals surface area contributed by atoms with E-state index in [4.69, 9.17) is 11.6 Å². The first-order valence-electron chi connectivity index (χ1n) is 30.5. The summed E-state index contributed by atoms with van der Waals surface area (Å²) >= 11 is 6.10. The van der Waals surface area contributed by atoms with Crippen LogP contribution >= 0.6 is 11.6 Å². The fraction of sp³-hybridized carbons (Fsp3) is 0.705. The third kappa shape index (κ3) is 18.2. The number of halogens is 4. The van der Waals surface area contributed by atoms with Crippen molar-refractivity contribution in [3.05, 3.63) is 34.3 Å². The molecular weight excluding hydrogens is 1160 g/mol. The summed E-state index contributed by atoms with van der Waals surface area (Å²) in [5.74, 6) is -8.35. The van der Waals surface area contributed by atoms with Gasteiger partial charge in [0.25, 0.3) is 11.8 Å². The van der Waals surface area contributed by atoms with Crippen molar-refractivity contribution in [3.8, 4) is 0 Å². The van der Waals surface area contributed by atoms with Crippen LogP contribution in [-0.4, -0.2) is 215 Å². The number of hydrogen-bond donors (Lipinski definition) is 3. The van der Waals surface area contributed by atoms with Crippen molar-refractivity contribution in [2.75, 3.05) is 68.5 Å². The molecule has 2 aliphatic carbocycles. The third-order valence-electron chi connectivity index (χ3n) is 17.8. The normalized spacial score (nSPS) is 25.9. The lowest BCUT2D eigenvalue weighted by atomic mass is 9.84. The summed E-state index contributed by atoms with van der Waals surface area (Å²) in [6.07, 6.45) is 1.71. The molecule has 0 aromatic heterocycles. The van der Waals surface area contributed by atoms with E-state index in [1.807, 2.05) is 0 Å². The molecule has 22 nitrogen and oxygen atoms in total. The molecule has 26 heteroatoms. The highest BCUT2D eigenvalue weighted by molar-refractivity contribution is 6.41. The molecule has 3 fully saturated rings. The minimum absolute atomic E-state index is 0.0307. The molecule has 0 radical (unpaired) electrons. The lowest BCUT2D eigenvalue weighted by Gasteiger charge is -2.39. The predicted molar refractivity (Wildman–Crippen MR) is 319 cm³/mol. The molecule has 11 amide bonds. The van der Waals surface area contributed by atoms with E-state index >= 15 is 0 Å². The zero-order valence-electron chi connectivity index (χ0n) is 52.7. The SMILES string of the molecule is CC[C@H](C)C1=NC(=O)[C@H](C)N(C)C(=O)C[C@@H](C)NC(=O)[C@H](C(C)C)N(C)C(=O)C2(CCCC2)NC(=O)[C@@H]2CCCN2C(=O)[C@H](CCc2ccc(C(F)(F)F)c(Cl)c2)NC(=O)CN(C)C(=O)[C@H](CC2CCCCC2)N(C)C(=O)CN(C)C(=O)CN(C)C1=O. The number of amides is 11. The van der Waals surface area contributed by atoms with Gasteiger partial charge in [0, 0.05) is 67.2 Å². The van der Waals surface area contributed by atoms with Crippen LogP contribution in [0.15, 0.2) is 23.2 Å². The number of nitrogens with one attached hydrogen (secondary N) is 3. The number of hydrogen-bond acceptors (Lipinski definition) is 11. The van der Waals surface area contributed by atoms with Crippen molar-refractivity contribution in [1.29, 1.82) is 0 Å². The first-order valence-corrected chi connectivity index (χ1v) is 30.8. The smallest absolute Gasteiger partial charge is 0.351 e. The summed E-state index contributed by atoms with van der Waals surface area (Å²) in [7, 11) is 8.34. The molecule has 5 rings (SSSR count). The van der Waals surface area contributed by atoms with Crippen LogP contribution in [0, 0.1) is 17.8 Å². The highest BCUT2D eigenvalue weighted by atomic mass is 35.5. The van der Waals surface area contributed by atoms with Crippen molar-refractivity contribution in [3.63, 3.8) is 0 Å². The Hall–Kier alpha value is -6.66. The second-order valence-electron chi connectivity index (χ2n) is 24.8. The maximum absolute atomic E-state index is 14.9. The molecule has 0 bridgehead atoms. The van der Waals surface area contributed by atoms with E-state index in [1.165, 1.54) is 70.0 Å². The second kappa shape index (κ2) is 31.0. The van der Waals surface area contributed by atoms with Crippen molar-refractivity contribution in [2.24, 2.45) is 22.7 Å². The number of benzene rings is 1. The van der Waals surface area contributed by atoms with Crippen molar-refractivity contribution in [1.82, 2.24) is 50.2 Å². The topological polar surface area (TPSA) is 259 Å². The lowest BCUT2D eigenvalue weighted by molar-refractivity contribution is -0.149. The molecule has 484 valence electrons. The molecule has 2 heterocycles. The van der Waals surface area contributed by atoms with Crippen LogP contribution in [0.4, 0.5) is 13.2 Å². The lowest BCUT2D eigenvalue weighted by Crippen LogP contribution is -2.64. The van der Waals surface area contributed by atoms with Crippen LogP contribution in [0.3, 0.4) is 0 Å². The number of fused-ring (bicyclic) bond motifs is 1. The highest BCUT2D eigenvalue weighted by Gasteiger charge is 2.49. The number of carbonyl (C=O) groups excluding carboxylic acids is 11. The van der Waals surface area contributed by atoms with Gasteiger partial charge in [0.15, 0.2) is 0 Å². The van der Waals surface area contributed by atoms with Crippen LogP contribution in [0.25, 0.3) is 0 Å². The predicted octanol–water partition coefficient (Wildman–Crippen LogP) is 4.62. The van der Waals surface area contributed by atoms with Gasteiger partial charge in [-0.05, 0) is 94.7 Å². The first-order chi connectivity index (χ1) is 40.7. The maximum atomic E-state index is 14.9. The highest BCUT2D eigenvalue weighted by Crippen LogP contribution is 2.37. The minimum Gasteiger partial charge on any atom is -0.351 e. The average molecular weight is 1250 g/mol. The summed E-state index contributed by atoms with van der Waals surface area (Å²) < 4.78 is 41.2. The largest absolute Gasteiger partial charge is 0.417 e. The summed E-state index contributed by atoms with van der Waals surface area (Å²) in [5.41, 5.74) is -2.41. The number of aliphatic imine (C=N–C) groups is 1. The number of nitrogens with zero attached hydrogens (tertiary/aromatic N) is 8. The van der Waals surface area contributed by atoms with E-state index in [2.05, 4.69) is 20.9 Å². The molecule has 2 saturated carbocycles. The summed E-state index contributed by atoms with van der Waals surface area (Å²) in [5, 5.41) is 7.99. The van der Waals surface area contributed by atoms with Gasteiger partial charge >= 0.3 is 6.18 Å². The van der Waals surface area contributed by atoms with Crippen LogP contribution in [0.5, 0.6) is 0 Å². The molecule has 87 heavy (non-hydrogen) atoms. The molecule has 2 aliphatic heterocycles. The first kappa shape index (κ1) is 71.1. The number of rotatable bonds is 8. The van der Waals surface area contributed by atoms with E-state index in [9.17, 15) is 65.9 Å². The van der Waals surface area contributed by atoms with E-state index in [1.54, 1.807) is 34.6 Å². The van der Waals surface area contributed by atoms with E-state index in [0.717, 1.165) is 63.8 Å². The van der Waals surface area contributed by atoms with Gasteiger partial charge in [0.05, 0.1) is 30.2 Å². The van der Waals surface area contributed by atoms with Crippen LogP contribution in [0.1, 0.15) is 149 Å². The number of likely N-dealkylation sites (N-methyl/N-ethyl adjacent to an activating group) is 6. The monoisotopic (exact) mass is 1250 g/mol. The number of alkyl halides is 3. The molecule has 1 aromatic rings. The van der Waals surface area contributed by atoms with Crippen molar-refractivity contribution in [2.45, 2.75) is 192 Å². The molecule has 0 unspecified atom stereocenters. The molecule has 4 aliphatic rings. The van der Waals surface area contributed by atoms with Crippen molar-refractivity contribution < 1.29 is 65.9 Å². The zero-order valence-corrected chi connectivity index (χ0v) is 53.4. The van der Waals surface area contributed by atoms with E-state index < -0.39 is 155 Å². The zero-order chi connectivity index (χ0) is 65.0. The third-order valence-corrected chi connectivity index (χ3v) is 18.1. The summed E-state index contributed by atoms with van der Waals surface area (Å²) in [6.45, 7) is 8.37. The fourth-order valence-corrected chi connectivity index (χ4v) is 12.5. The van der Waals surface area contributed by atoms with E-state index in [0.29, 0.717) is 31.2 Å². The van der Waals surface area contributed by atoms with Gasteiger partial charge in [-0.1, -0.05) is 90.3 Å². The fourth-order valence-electron chi connectivity index (χ4n) is 12.2. The Bertz CT molecular complexity index is 2750. The molecule has 7 atom stereocenters. The Labute approximate surface area is 514 Å². The van der Waals surface area contributed by atoms with Gasteiger partial charge in [-0.25, -0.2) is 4.99 Å². The van der Waals surface area contributed by atoms with Crippen LogP contribution < -0.4 is 16.0 Å². The Morgan fingerprint density at radius 3 is 1.94 bits per heavy atom. The minimum atomic E-state index is -4.74. The van der Waals surface area contributed by atoms with Gasteiger partial charge < -0.3 is 50.2 Å². The van der Waals surface area contributed by atoms with Gasteiger partial charge in [-0.3, -0.25) is 52.7 Å². The molecule has 1 aromatic carbocycles. The maximum Gasteiger partial charge on any atom is 0.417 e. The summed E-state index contributed by atoms with van der Waals surface area (Å²) in [4.78, 5) is 170. The second-order valence-corrected chi connectivity index (χ2v) is 25.3. The standard InChI is InChI=1S/C61H91ClF3N11O11/c1-13-37(4)51-58(86)72(9)34-49(79)70(7)35-50(80)74(11)46(32-40-20-15-14-16-21-40)57(85)71(8)33-47(77)67-44(26-24-41-23-25-42(43(62)31-41)61(63,64)65)56(84)76-29-19-22-45(76)54(82)69-60(27-17-18-28-60)59(87)75(12)52(36(2)3)55(83)66-38(5)30-48(78)73(10)39(6)53(81)68-51/h23,25,31,36-40,44-46,52H,13-22,24,26-30,32-35H2,1-12H3,(H,66,83)(H,67,77)(H,69,82)/t37-,38+,39-,44-,45-,46-,52-/m0/s1. The Morgan fingerprint density at radius 2 is 1.34 bits per heavy atom. The van der Waals surface area contributed by atoms with Gasteiger partial charge in [0.1, 0.15) is 41.5 Å². The molecule has 1 spiro atoms. The Balaban J connectivity index is 1.53. The number of aryl methyl sites for hydroxylation is 1. The van der Waals surface area contributed by atoms with E-state index in [-0.39, 0.29) is 63.1 Å². The average Bonchev–Trinajstić information content (AvgIpc) is 2.03. The number of carbonyl (C=O) groups is 11. The summed E-state index contributed by atoms with van der Waals surface area (Å²) in [6, 6.07) is -3.60. The van der Waals surface area contributed by atoms with Crippen LogP contribution in [0.2, 0.25) is 5.02 Å². The molecule has 1 saturated heterocycles. The quantitative estimate of drug-likeness (QED) is 0.324. The van der Waals surface area contributed by atoms with Gasteiger partial charge in [0.2, 0.25) is 53.2 Å². The molecule has 3 N–H and O–H groups in total. The van der Waals surface area contributed by atoms with Gasteiger partial charge in [-0.15, -0.1) is 0 Å². The van der Waals surface area contributed by atoms with Crippen LogP contribution in [-0.2, 0) is 65.3 Å². The Morgan fingerprint density at radius 1 is 0.713 bits per heavy atom. The Kier molecular flexibility index (Phi) is 25.3. The van der Waals surface area contributed by atoms with Crippen molar-refractivity contribution >= 4 is 82.3 Å². The molecular formula is C61H91ClF3N11O11. The van der Waals surface area contributed by atoms with Gasteiger partial charge in [-0.2, -0.15) is 13.2 Å².